The molecule has 6 nitrogen and oxygen atoms in total. The van der Waals surface area contributed by atoms with Gasteiger partial charge in [-0.3, -0.25) is 5.32 Å². The van der Waals surface area contributed by atoms with Crippen LogP contribution in [0.5, 0.6) is 0 Å². The number of aromatic nitrogens is 2. The van der Waals surface area contributed by atoms with Crippen LogP contribution in [-0.2, 0) is 0 Å². The van der Waals surface area contributed by atoms with Crippen molar-refractivity contribution < 1.29 is 4.79 Å². The van der Waals surface area contributed by atoms with E-state index in [0.717, 1.165) is 18.1 Å². The van der Waals surface area contributed by atoms with Crippen LogP contribution in [0.4, 0.5) is 20.7 Å². The number of benzene rings is 1. The molecule has 1 aliphatic heterocycles. The van der Waals surface area contributed by atoms with E-state index in [9.17, 15) is 4.79 Å². The highest BCUT2D eigenvalue weighted by molar-refractivity contribution is 7.19. The van der Waals surface area contributed by atoms with Crippen molar-refractivity contribution in [2.75, 3.05) is 22.1 Å². The molecule has 2 amide bonds. The Kier molecular flexibility index (Phi) is 4.97. The largest absolute Gasteiger partial charge is 0.344 e. The van der Waals surface area contributed by atoms with E-state index in [4.69, 9.17) is 11.6 Å². The molecule has 0 radical (unpaired) electrons. The van der Waals surface area contributed by atoms with Gasteiger partial charge in [-0.15, -0.1) is 10.2 Å². The minimum absolute atomic E-state index is 0.360. The Balaban J connectivity index is 1.61. The van der Waals surface area contributed by atoms with Crippen LogP contribution in [0.2, 0.25) is 5.02 Å². The van der Waals surface area contributed by atoms with Gasteiger partial charge in [-0.05, 0) is 44.4 Å². The molecule has 2 heterocycles. The summed E-state index contributed by atoms with van der Waals surface area (Å²) >= 11 is 7.28. The second-order valence-corrected chi connectivity index (χ2v) is 6.91. The number of halogens is 1. The van der Waals surface area contributed by atoms with Crippen LogP contribution in [0.3, 0.4) is 0 Å². The standard InChI is InChI=1S/C15H18ClN5OS/c1-10-5-2-3-8-21(10)15-20-19-14(23-15)18-13(22)17-12-7-4-6-11(16)9-12/h4,6-7,9-10H,2-3,5,8H2,1H3,(H2,17,18,19,22)/t10-/m0/s1. The first-order chi connectivity index (χ1) is 11.1. The summed E-state index contributed by atoms with van der Waals surface area (Å²) in [7, 11) is 0. The van der Waals surface area contributed by atoms with Crippen molar-refractivity contribution in [1.29, 1.82) is 0 Å². The third kappa shape index (κ3) is 4.11. The normalized spacial score (nSPS) is 17.8. The van der Waals surface area contributed by atoms with Crippen molar-refractivity contribution >= 4 is 44.9 Å². The van der Waals surface area contributed by atoms with Crippen molar-refractivity contribution in [2.24, 2.45) is 0 Å². The van der Waals surface area contributed by atoms with Gasteiger partial charge < -0.3 is 10.2 Å². The number of rotatable bonds is 3. The highest BCUT2D eigenvalue weighted by Crippen LogP contribution is 2.29. The Morgan fingerprint density at radius 1 is 1.35 bits per heavy atom. The molecule has 0 bridgehead atoms. The molecule has 8 heteroatoms. The van der Waals surface area contributed by atoms with Gasteiger partial charge in [-0.25, -0.2) is 4.79 Å². The van der Waals surface area contributed by atoms with Crippen molar-refractivity contribution in [1.82, 2.24) is 10.2 Å². The average molecular weight is 352 g/mol. The smallest absolute Gasteiger partial charge is 0.325 e. The summed E-state index contributed by atoms with van der Waals surface area (Å²) in [6.45, 7) is 3.18. The van der Waals surface area contributed by atoms with E-state index in [1.54, 1.807) is 24.3 Å². The maximum Gasteiger partial charge on any atom is 0.325 e. The molecule has 2 N–H and O–H groups in total. The summed E-state index contributed by atoms with van der Waals surface area (Å²) in [5, 5.41) is 15.6. The van der Waals surface area contributed by atoms with Gasteiger partial charge in [0.1, 0.15) is 0 Å². The number of carbonyl (C=O) groups excluding carboxylic acids is 1. The lowest BCUT2D eigenvalue weighted by atomic mass is 10.1. The average Bonchev–Trinajstić information content (AvgIpc) is 2.95. The number of piperidine rings is 1. The molecular weight excluding hydrogens is 334 g/mol. The lowest BCUT2D eigenvalue weighted by Gasteiger charge is -2.32. The molecular formula is C15H18ClN5OS. The van der Waals surface area contributed by atoms with E-state index in [1.807, 2.05) is 0 Å². The first-order valence-electron chi connectivity index (χ1n) is 7.55. The van der Waals surface area contributed by atoms with Crippen molar-refractivity contribution in [3.05, 3.63) is 29.3 Å². The highest BCUT2D eigenvalue weighted by atomic mass is 35.5. The molecule has 0 spiro atoms. The van der Waals surface area contributed by atoms with Crippen LogP contribution in [0, 0.1) is 0 Å². The van der Waals surface area contributed by atoms with Gasteiger partial charge in [0.15, 0.2) is 0 Å². The van der Waals surface area contributed by atoms with Crippen LogP contribution in [-0.4, -0.2) is 28.8 Å². The zero-order chi connectivity index (χ0) is 16.2. The lowest BCUT2D eigenvalue weighted by Crippen LogP contribution is -2.37. The Labute approximate surface area is 143 Å². The Morgan fingerprint density at radius 2 is 2.22 bits per heavy atom. The van der Waals surface area contributed by atoms with E-state index in [0.29, 0.717) is 21.9 Å². The number of nitrogens with one attached hydrogen (secondary N) is 2. The molecule has 1 aliphatic rings. The predicted octanol–water partition coefficient (Wildman–Crippen LogP) is 4.21. The van der Waals surface area contributed by atoms with Gasteiger partial charge in [-0.1, -0.05) is 29.0 Å². The molecule has 0 saturated carbocycles. The van der Waals surface area contributed by atoms with Crippen molar-refractivity contribution in [2.45, 2.75) is 32.2 Å². The zero-order valence-electron chi connectivity index (χ0n) is 12.8. The van der Waals surface area contributed by atoms with Gasteiger partial charge in [0.05, 0.1) is 0 Å². The lowest BCUT2D eigenvalue weighted by molar-refractivity contribution is 0.262. The molecule has 1 saturated heterocycles. The Hall–Kier alpha value is -1.86. The van der Waals surface area contributed by atoms with Crippen molar-refractivity contribution in [3.8, 4) is 0 Å². The fourth-order valence-corrected chi connectivity index (χ4v) is 3.65. The number of urea groups is 1. The molecule has 2 aromatic rings. The fraction of sp³-hybridized carbons (Fsp3) is 0.400. The minimum atomic E-state index is -0.360. The summed E-state index contributed by atoms with van der Waals surface area (Å²) in [5.74, 6) is 0. The molecule has 122 valence electrons. The highest BCUT2D eigenvalue weighted by Gasteiger charge is 2.22. The van der Waals surface area contributed by atoms with Crippen LogP contribution in [0.25, 0.3) is 0 Å². The van der Waals surface area contributed by atoms with Crippen LogP contribution in [0.15, 0.2) is 24.3 Å². The van der Waals surface area contributed by atoms with Crippen molar-refractivity contribution in [3.63, 3.8) is 0 Å². The van der Waals surface area contributed by atoms with E-state index < -0.39 is 0 Å². The van der Waals surface area contributed by atoms with Crippen LogP contribution >= 0.6 is 22.9 Å². The Morgan fingerprint density at radius 3 is 3.00 bits per heavy atom. The molecule has 1 atom stereocenters. The number of carbonyl (C=O) groups is 1. The van der Waals surface area contributed by atoms with E-state index in [1.165, 1.54) is 24.2 Å². The van der Waals surface area contributed by atoms with Crippen LogP contribution in [0.1, 0.15) is 26.2 Å². The monoisotopic (exact) mass is 351 g/mol. The maximum atomic E-state index is 12.0. The maximum absolute atomic E-state index is 12.0. The number of amides is 2. The molecule has 3 rings (SSSR count). The van der Waals surface area contributed by atoms with Gasteiger partial charge >= 0.3 is 6.03 Å². The SMILES string of the molecule is C[C@H]1CCCCN1c1nnc(NC(=O)Nc2cccc(Cl)c2)s1. The number of anilines is 3. The summed E-state index contributed by atoms with van der Waals surface area (Å²) in [4.78, 5) is 14.3. The second-order valence-electron chi connectivity index (χ2n) is 5.52. The first-order valence-corrected chi connectivity index (χ1v) is 8.75. The van der Waals surface area contributed by atoms with Gasteiger partial charge in [0, 0.05) is 23.3 Å². The molecule has 1 aromatic heterocycles. The third-order valence-corrected chi connectivity index (χ3v) is 4.88. The van der Waals surface area contributed by atoms with Gasteiger partial charge in [0.25, 0.3) is 0 Å². The fourth-order valence-electron chi connectivity index (χ4n) is 2.59. The van der Waals surface area contributed by atoms with Gasteiger partial charge in [-0.2, -0.15) is 0 Å². The summed E-state index contributed by atoms with van der Waals surface area (Å²) < 4.78 is 0. The number of hydrogen-bond acceptors (Lipinski definition) is 5. The van der Waals surface area contributed by atoms with E-state index >= 15 is 0 Å². The molecule has 0 aliphatic carbocycles. The topological polar surface area (TPSA) is 70.2 Å². The third-order valence-electron chi connectivity index (χ3n) is 3.77. The zero-order valence-corrected chi connectivity index (χ0v) is 14.3. The quantitative estimate of drug-likeness (QED) is 0.868. The predicted molar refractivity (Wildman–Crippen MR) is 94.7 cm³/mol. The number of hydrogen-bond donors (Lipinski definition) is 2. The molecule has 23 heavy (non-hydrogen) atoms. The van der Waals surface area contributed by atoms with E-state index in [-0.39, 0.29) is 6.03 Å². The molecule has 1 aromatic carbocycles. The number of nitrogens with zero attached hydrogens (tertiary/aromatic N) is 3. The van der Waals surface area contributed by atoms with Gasteiger partial charge in [0.2, 0.25) is 10.3 Å². The summed E-state index contributed by atoms with van der Waals surface area (Å²) in [5.41, 5.74) is 0.629. The summed E-state index contributed by atoms with van der Waals surface area (Å²) in [6, 6.07) is 7.08. The van der Waals surface area contributed by atoms with E-state index in [2.05, 4.69) is 32.7 Å². The molecule has 0 unspecified atom stereocenters. The minimum Gasteiger partial charge on any atom is -0.344 e. The summed E-state index contributed by atoms with van der Waals surface area (Å²) in [6.07, 6.45) is 3.59. The second kappa shape index (κ2) is 7.14. The molecule has 1 fully saturated rings. The Bertz CT molecular complexity index is 692. The van der Waals surface area contributed by atoms with Crippen LogP contribution < -0.4 is 15.5 Å². The first kappa shape index (κ1) is 16.0.